The lowest BCUT2D eigenvalue weighted by Gasteiger charge is -2.27. The van der Waals surface area contributed by atoms with E-state index in [0.29, 0.717) is 5.71 Å². The zero-order valence-corrected chi connectivity index (χ0v) is 19.6. The minimum absolute atomic E-state index is 0.0280. The van der Waals surface area contributed by atoms with Crippen molar-refractivity contribution in [3.63, 3.8) is 0 Å². The van der Waals surface area contributed by atoms with Gasteiger partial charge in [-0.05, 0) is 41.5 Å². The molecule has 172 valence electrons. The quantitative estimate of drug-likeness (QED) is 0.383. The Morgan fingerprint density at radius 2 is 1.34 bits per heavy atom. The zero-order valence-electron chi connectivity index (χ0n) is 19.6. The first-order valence-electron chi connectivity index (χ1n) is 10.6. The first-order valence-corrected chi connectivity index (χ1v) is 10.6. The number of hydrogen-bond donors (Lipinski definition) is 2. The van der Waals surface area contributed by atoms with E-state index >= 15 is 0 Å². The lowest BCUT2D eigenvalue weighted by atomic mass is 10.0. The smallest absolute Gasteiger partial charge is 0.335 e. The number of nitrogens with zero attached hydrogens (tertiary/aromatic N) is 1. The predicted molar refractivity (Wildman–Crippen MR) is 126 cm³/mol. The lowest BCUT2D eigenvalue weighted by Crippen LogP contribution is -2.50. The number of benzene rings is 2. The number of nitrogens with one attached hydrogen (secondary N) is 2. The Morgan fingerprint density at radius 3 is 1.78 bits per heavy atom. The van der Waals surface area contributed by atoms with Crippen molar-refractivity contribution >= 4 is 17.7 Å². The molecule has 32 heavy (non-hydrogen) atoms. The van der Waals surface area contributed by atoms with Crippen molar-refractivity contribution in [2.45, 2.75) is 58.8 Å². The molecular formula is C25H33N3O4. The van der Waals surface area contributed by atoms with Gasteiger partial charge in [-0.15, -0.1) is 0 Å². The number of amides is 2. The summed E-state index contributed by atoms with van der Waals surface area (Å²) in [5, 5.41) is 6.94. The molecule has 0 aromatic heterocycles. The van der Waals surface area contributed by atoms with E-state index in [1.54, 1.807) is 20.8 Å². The normalized spacial score (nSPS) is 12.4. The molecule has 0 heterocycles. The van der Waals surface area contributed by atoms with Crippen LogP contribution in [0.2, 0.25) is 0 Å². The standard InChI is InChI=1S/C25H33N3O4/c1-24(2,3)31-17-20(22(29)32-25(4,5)6)26-23(30)28-27-21(18-13-9-7-10-14-18)19-15-11-8-12-16-19/h7-16,20H,17H2,1-6H3,(H2,26,28,30). The molecule has 2 amide bonds. The SMILES string of the molecule is CC(C)(C)OCC(NC(=O)NN=C(c1ccccc1)c1ccccc1)C(=O)OC(C)(C)C. The van der Waals surface area contributed by atoms with Crippen LogP contribution in [0.3, 0.4) is 0 Å². The van der Waals surface area contributed by atoms with E-state index in [9.17, 15) is 9.59 Å². The first kappa shape index (κ1) is 25.1. The highest BCUT2D eigenvalue weighted by atomic mass is 16.6. The maximum atomic E-state index is 12.6. The summed E-state index contributed by atoms with van der Waals surface area (Å²) in [6, 6.07) is 17.4. The van der Waals surface area contributed by atoms with Gasteiger partial charge in [0.25, 0.3) is 0 Å². The van der Waals surface area contributed by atoms with E-state index in [0.717, 1.165) is 11.1 Å². The highest BCUT2D eigenvalue weighted by Gasteiger charge is 2.28. The number of ether oxygens (including phenoxy) is 2. The maximum Gasteiger partial charge on any atom is 0.335 e. The molecular weight excluding hydrogens is 406 g/mol. The molecule has 0 spiro atoms. The number of carbonyl (C=O) groups is 2. The third-order valence-electron chi connectivity index (χ3n) is 4.04. The van der Waals surface area contributed by atoms with Crippen molar-refractivity contribution in [2.75, 3.05) is 6.61 Å². The molecule has 0 aliphatic rings. The molecule has 2 N–H and O–H groups in total. The summed E-state index contributed by atoms with van der Waals surface area (Å²) >= 11 is 0. The maximum absolute atomic E-state index is 12.6. The Kier molecular flexibility index (Phi) is 8.55. The summed E-state index contributed by atoms with van der Waals surface area (Å²) in [4.78, 5) is 25.2. The van der Waals surface area contributed by atoms with Gasteiger partial charge in [0.2, 0.25) is 0 Å². The molecule has 7 heteroatoms. The van der Waals surface area contributed by atoms with Gasteiger partial charge < -0.3 is 14.8 Å². The molecule has 0 bridgehead atoms. The highest BCUT2D eigenvalue weighted by Crippen LogP contribution is 2.12. The number of rotatable bonds is 7. The van der Waals surface area contributed by atoms with Crippen molar-refractivity contribution < 1.29 is 19.1 Å². The van der Waals surface area contributed by atoms with E-state index < -0.39 is 29.2 Å². The molecule has 0 fully saturated rings. The fourth-order valence-electron chi connectivity index (χ4n) is 2.66. The van der Waals surface area contributed by atoms with Gasteiger partial charge >= 0.3 is 12.0 Å². The van der Waals surface area contributed by atoms with Gasteiger partial charge in [0.1, 0.15) is 5.60 Å². The second kappa shape index (κ2) is 10.9. The van der Waals surface area contributed by atoms with Gasteiger partial charge in [0.15, 0.2) is 6.04 Å². The largest absolute Gasteiger partial charge is 0.458 e. The summed E-state index contributed by atoms with van der Waals surface area (Å²) in [5.41, 5.74) is 3.61. The Hall–Kier alpha value is -3.19. The van der Waals surface area contributed by atoms with Crippen LogP contribution in [0, 0.1) is 0 Å². The molecule has 7 nitrogen and oxygen atoms in total. The minimum atomic E-state index is -0.986. The van der Waals surface area contributed by atoms with E-state index in [-0.39, 0.29) is 6.61 Å². The van der Waals surface area contributed by atoms with Gasteiger partial charge in [0, 0.05) is 11.1 Å². The molecule has 2 rings (SSSR count). The van der Waals surface area contributed by atoms with Crippen LogP contribution >= 0.6 is 0 Å². The van der Waals surface area contributed by atoms with Crippen molar-refractivity contribution in [1.82, 2.24) is 10.7 Å². The third kappa shape index (κ3) is 8.89. The van der Waals surface area contributed by atoms with Crippen LogP contribution in [0.15, 0.2) is 65.8 Å². The Labute approximate surface area is 190 Å². The Bertz CT molecular complexity index is 872. The van der Waals surface area contributed by atoms with Gasteiger partial charge in [-0.1, -0.05) is 60.7 Å². The van der Waals surface area contributed by atoms with Gasteiger partial charge in [-0.25, -0.2) is 15.0 Å². The van der Waals surface area contributed by atoms with Crippen molar-refractivity contribution in [1.29, 1.82) is 0 Å². The monoisotopic (exact) mass is 439 g/mol. The number of esters is 1. The molecule has 2 aromatic rings. The second-order valence-electron chi connectivity index (χ2n) is 9.29. The van der Waals surface area contributed by atoms with Gasteiger partial charge in [-0.2, -0.15) is 5.10 Å². The van der Waals surface area contributed by atoms with E-state index in [2.05, 4.69) is 15.8 Å². The fourth-order valence-corrected chi connectivity index (χ4v) is 2.66. The first-order chi connectivity index (χ1) is 14.9. The van der Waals surface area contributed by atoms with Crippen LogP contribution < -0.4 is 10.7 Å². The summed E-state index contributed by atoms with van der Waals surface area (Å²) in [6.45, 7) is 10.9. The third-order valence-corrected chi connectivity index (χ3v) is 4.04. The Balaban J connectivity index is 2.18. The molecule has 0 saturated heterocycles. The average Bonchev–Trinajstić information content (AvgIpc) is 2.71. The van der Waals surface area contributed by atoms with Gasteiger partial charge in [0.05, 0.1) is 17.9 Å². The molecule has 0 aliphatic heterocycles. The molecule has 1 unspecified atom stereocenters. The Morgan fingerprint density at radius 1 is 0.844 bits per heavy atom. The van der Waals surface area contributed by atoms with Crippen LogP contribution in [0.25, 0.3) is 0 Å². The lowest BCUT2D eigenvalue weighted by molar-refractivity contribution is -0.160. The molecule has 0 radical (unpaired) electrons. The molecule has 0 saturated carbocycles. The fraction of sp³-hybridized carbons (Fsp3) is 0.400. The molecule has 0 aliphatic carbocycles. The van der Waals surface area contributed by atoms with Crippen LogP contribution in [0.1, 0.15) is 52.7 Å². The number of hydrogen-bond acceptors (Lipinski definition) is 5. The van der Waals surface area contributed by atoms with Crippen LogP contribution in [-0.4, -0.2) is 41.6 Å². The van der Waals surface area contributed by atoms with Crippen LogP contribution in [0.5, 0.6) is 0 Å². The summed E-state index contributed by atoms with van der Waals surface area (Å²) < 4.78 is 11.1. The van der Waals surface area contributed by atoms with E-state index in [4.69, 9.17) is 9.47 Å². The van der Waals surface area contributed by atoms with Crippen molar-refractivity contribution in [3.8, 4) is 0 Å². The minimum Gasteiger partial charge on any atom is -0.458 e. The topological polar surface area (TPSA) is 89.0 Å². The molecule has 2 aromatic carbocycles. The molecule has 1 atom stereocenters. The second-order valence-corrected chi connectivity index (χ2v) is 9.29. The number of urea groups is 1. The number of hydrazone groups is 1. The van der Waals surface area contributed by atoms with Crippen molar-refractivity contribution in [3.05, 3.63) is 71.8 Å². The van der Waals surface area contributed by atoms with Crippen molar-refractivity contribution in [2.24, 2.45) is 5.10 Å². The van der Waals surface area contributed by atoms with E-state index in [1.807, 2.05) is 81.4 Å². The predicted octanol–water partition coefficient (Wildman–Crippen LogP) is 4.26. The summed E-state index contributed by atoms with van der Waals surface area (Å²) in [7, 11) is 0. The highest BCUT2D eigenvalue weighted by molar-refractivity contribution is 6.13. The van der Waals surface area contributed by atoms with Crippen LogP contribution in [-0.2, 0) is 14.3 Å². The van der Waals surface area contributed by atoms with Gasteiger partial charge in [-0.3, -0.25) is 0 Å². The average molecular weight is 440 g/mol. The van der Waals surface area contributed by atoms with Crippen LogP contribution in [0.4, 0.5) is 4.79 Å². The zero-order chi connectivity index (χ0) is 23.8. The van der Waals surface area contributed by atoms with E-state index in [1.165, 1.54) is 0 Å². The number of carbonyl (C=O) groups excluding carboxylic acids is 2. The summed E-state index contributed by atoms with van der Waals surface area (Å²) in [6.07, 6.45) is 0. The summed E-state index contributed by atoms with van der Waals surface area (Å²) in [5.74, 6) is -0.577.